The molecule has 0 fully saturated rings. The first-order valence-corrected chi connectivity index (χ1v) is 12.0. The fourth-order valence-corrected chi connectivity index (χ4v) is 3.81. The molecule has 1 heterocycles. The molecule has 0 saturated carbocycles. The van der Waals surface area contributed by atoms with Gasteiger partial charge in [0.2, 0.25) is 6.33 Å². The van der Waals surface area contributed by atoms with Gasteiger partial charge >= 0.3 is 5.95 Å². The summed E-state index contributed by atoms with van der Waals surface area (Å²) in [6.07, 6.45) is 2.68. The monoisotopic (exact) mass is 559 g/mol. The van der Waals surface area contributed by atoms with Gasteiger partial charge in [0.15, 0.2) is 11.5 Å². The molecule has 0 radical (unpaired) electrons. The van der Waals surface area contributed by atoms with Gasteiger partial charge in [-0.2, -0.15) is 9.78 Å². The zero-order valence-corrected chi connectivity index (χ0v) is 22.2. The standard InChI is InChI=1S/C27H25N7O7/c1-39-22-10-8-17(12-19(22)15-33-16-28-27(32-33)34(37)38)14-29-31-26(36)20-6-4-5-7-21(20)30-25(35)18-9-11-23(40-2)24(13-18)41-3/h4-14,16H,15H2,1-3H3,(H,30,35)(H,31,36). The number of hydrogen-bond donors (Lipinski definition) is 2. The van der Waals surface area contributed by atoms with Gasteiger partial charge in [-0.15, -0.1) is 0 Å². The minimum absolute atomic E-state index is 0.158. The highest BCUT2D eigenvalue weighted by Crippen LogP contribution is 2.28. The molecule has 0 bridgehead atoms. The summed E-state index contributed by atoms with van der Waals surface area (Å²) in [5.41, 5.74) is 4.52. The summed E-state index contributed by atoms with van der Waals surface area (Å²) in [5, 5.41) is 21.5. The molecule has 3 aromatic carbocycles. The topological polar surface area (TPSA) is 172 Å². The van der Waals surface area contributed by atoms with Gasteiger partial charge in [0.05, 0.1) is 45.3 Å². The van der Waals surface area contributed by atoms with Gasteiger partial charge in [-0.3, -0.25) is 9.59 Å². The van der Waals surface area contributed by atoms with Crippen molar-refractivity contribution in [1.29, 1.82) is 0 Å². The highest BCUT2D eigenvalue weighted by Gasteiger charge is 2.17. The number of nitrogens with one attached hydrogen (secondary N) is 2. The molecule has 4 aromatic rings. The summed E-state index contributed by atoms with van der Waals surface area (Å²) in [6.45, 7) is 0.158. The zero-order chi connectivity index (χ0) is 29.4. The molecule has 41 heavy (non-hydrogen) atoms. The Labute approximate surface area is 233 Å². The second-order valence-electron chi connectivity index (χ2n) is 8.34. The third-order valence-electron chi connectivity index (χ3n) is 5.77. The van der Waals surface area contributed by atoms with Crippen molar-refractivity contribution in [2.24, 2.45) is 5.10 Å². The third kappa shape index (κ3) is 6.81. The minimum atomic E-state index is -0.681. The summed E-state index contributed by atoms with van der Waals surface area (Å²) >= 11 is 0. The number of amides is 2. The quantitative estimate of drug-likeness (QED) is 0.159. The molecule has 2 N–H and O–H groups in total. The Morgan fingerprint density at radius 2 is 1.71 bits per heavy atom. The normalized spacial score (nSPS) is 10.7. The number of aromatic nitrogens is 3. The maximum absolute atomic E-state index is 12.9. The lowest BCUT2D eigenvalue weighted by Crippen LogP contribution is -2.21. The van der Waals surface area contributed by atoms with E-state index in [0.717, 1.165) is 0 Å². The number of hydrogen-bond acceptors (Lipinski definition) is 10. The van der Waals surface area contributed by atoms with Crippen molar-refractivity contribution < 1.29 is 28.7 Å². The first-order valence-electron chi connectivity index (χ1n) is 12.0. The highest BCUT2D eigenvalue weighted by molar-refractivity contribution is 6.09. The Morgan fingerprint density at radius 1 is 0.976 bits per heavy atom. The molecule has 0 atom stereocenters. The smallest absolute Gasteiger partial charge is 0.490 e. The van der Waals surface area contributed by atoms with Crippen LogP contribution in [-0.4, -0.2) is 59.0 Å². The van der Waals surface area contributed by atoms with Gasteiger partial charge < -0.3 is 29.6 Å². The number of carbonyl (C=O) groups is 2. The summed E-state index contributed by atoms with van der Waals surface area (Å²) < 4.78 is 17.1. The molecule has 1 aromatic heterocycles. The highest BCUT2D eigenvalue weighted by atomic mass is 16.6. The van der Waals surface area contributed by atoms with Gasteiger partial charge in [-0.05, 0) is 59.0 Å². The van der Waals surface area contributed by atoms with Crippen molar-refractivity contribution in [3.8, 4) is 17.2 Å². The van der Waals surface area contributed by atoms with E-state index in [1.54, 1.807) is 54.6 Å². The van der Waals surface area contributed by atoms with Gasteiger partial charge in [0.1, 0.15) is 5.75 Å². The molecule has 4 rings (SSSR count). The van der Waals surface area contributed by atoms with Crippen LogP contribution in [0.2, 0.25) is 0 Å². The first kappa shape index (κ1) is 28.2. The van der Waals surface area contributed by atoms with Crippen LogP contribution in [0.25, 0.3) is 0 Å². The summed E-state index contributed by atoms with van der Waals surface area (Å²) in [4.78, 5) is 39.6. The molecule has 14 nitrogen and oxygen atoms in total. The summed E-state index contributed by atoms with van der Waals surface area (Å²) in [5.74, 6) is -0.0998. The van der Waals surface area contributed by atoms with Crippen LogP contribution in [0.1, 0.15) is 31.8 Å². The van der Waals surface area contributed by atoms with E-state index >= 15 is 0 Å². The second-order valence-corrected chi connectivity index (χ2v) is 8.34. The fraction of sp³-hybridized carbons (Fsp3) is 0.148. The molecule has 0 spiro atoms. The summed E-state index contributed by atoms with van der Waals surface area (Å²) in [7, 11) is 4.46. The summed E-state index contributed by atoms with van der Waals surface area (Å²) in [6, 6.07) is 16.4. The van der Waals surface area contributed by atoms with Crippen LogP contribution in [0.3, 0.4) is 0 Å². The minimum Gasteiger partial charge on any atom is -0.496 e. The third-order valence-corrected chi connectivity index (χ3v) is 5.77. The molecular formula is C27H25N7O7. The number of methoxy groups -OCH3 is 3. The van der Waals surface area contributed by atoms with E-state index in [1.165, 1.54) is 44.6 Å². The average molecular weight is 560 g/mol. The van der Waals surface area contributed by atoms with E-state index in [1.807, 2.05) is 0 Å². The number of para-hydroxylation sites is 1. The number of rotatable bonds is 11. The van der Waals surface area contributed by atoms with Crippen molar-refractivity contribution in [3.63, 3.8) is 0 Å². The maximum atomic E-state index is 12.9. The van der Waals surface area contributed by atoms with Crippen molar-refractivity contribution >= 4 is 29.7 Å². The van der Waals surface area contributed by atoms with Gasteiger partial charge in [0, 0.05) is 16.2 Å². The van der Waals surface area contributed by atoms with Crippen LogP contribution in [0.15, 0.2) is 72.1 Å². The van der Waals surface area contributed by atoms with Crippen LogP contribution >= 0.6 is 0 Å². The van der Waals surface area contributed by atoms with Crippen LogP contribution in [0, 0.1) is 10.1 Å². The Morgan fingerprint density at radius 3 is 2.41 bits per heavy atom. The van der Waals surface area contributed by atoms with Crippen molar-refractivity contribution in [1.82, 2.24) is 20.2 Å². The number of ether oxygens (including phenoxy) is 3. The number of nitro groups is 1. The van der Waals surface area contributed by atoms with Gasteiger partial charge in [-0.1, -0.05) is 17.1 Å². The van der Waals surface area contributed by atoms with Crippen molar-refractivity contribution in [2.45, 2.75) is 6.54 Å². The number of nitrogens with zero attached hydrogens (tertiary/aromatic N) is 5. The molecule has 0 aliphatic carbocycles. The predicted molar refractivity (Wildman–Crippen MR) is 148 cm³/mol. The van der Waals surface area contributed by atoms with Crippen molar-refractivity contribution in [2.75, 3.05) is 26.6 Å². The number of benzene rings is 3. The van der Waals surface area contributed by atoms with E-state index in [4.69, 9.17) is 14.2 Å². The average Bonchev–Trinajstić information content (AvgIpc) is 3.46. The van der Waals surface area contributed by atoms with E-state index in [2.05, 4.69) is 25.9 Å². The van der Waals surface area contributed by atoms with Crippen LogP contribution in [-0.2, 0) is 6.54 Å². The van der Waals surface area contributed by atoms with Crippen LogP contribution in [0.5, 0.6) is 17.2 Å². The molecule has 2 amide bonds. The Hall–Kier alpha value is -5.79. The Balaban J connectivity index is 1.46. The molecule has 210 valence electrons. The van der Waals surface area contributed by atoms with Crippen molar-refractivity contribution in [3.05, 3.63) is 99.4 Å². The van der Waals surface area contributed by atoms with E-state index in [0.29, 0.717) is 33.9 Å². The molecule has 14 heteroatoms. The molecule has 0 aliphatic heterocycles. The predicted octanol–water partition coefficient (Wildman–Crippen LogP) is 3.28. The zero-order valence-electron chi connectivity index (χ0n) is 22.2. The SMILES string of the molecule is COc1ccc(C=NNC(=O)c2ccccc2NC(=O)c2ccc(OC)c(OC)c2)cc1Cn1cnc([N+](=O)[O-])n1. The second kappa shape index (κ2) is 12.8. The lowest BCUT2D eigenvalue weighted by atomic mass is 10.1. The van der Waals surface area contributed by atoms with E-state index in [9.17, 15) is 19.7 Å². The van der Waals surface area contributed by atoms with Gasteiger partial charge in [-0.25, -0.2) is 5.43 Å². The molecule has 0 saturated heterocycles. The van der Waals surface area contributed by atoms with Crippen LogP contribution < -0.4 is 25.0 Å². The largest absolute Gasteiger partial charge is 0.496 e. The lowest BCUT2D eigenvalue weighted by molar-refractivity contribution is -0.394. The number of anilines is 1. The molecule has 0 aliphatic rings. The Kier molecular flexibility index (Phi) is 8.84. The number of carbonyl (C=O) groups excluding carboxylic acids is 2. The van der Waals surface area contributed by atoms with E-state index < -0.39 is 22.7 Å². The molecule has 0 unspecified atom stereocenters. The van der Waals surface area contributed by atoms with Crippen LogP contribution in [0.4, 0.5) is 11.6 Å². The Bertz CT molecular complexity index is 1620. The van der Waals surface area contributed by atoms with Gasteiger partial charge in [0.25, 0.3) is 11.8 Å². The van der Waals surface area contributed by atoms with E-state index in [-0.39, 0.29) is 17.8 Å². The fourth-order valence-electron chi connectivity index (χ4n) is 3.81. The number of hydrazone groups is 1. The maximum Gasteiger partial charge on any atom is 0.490 e. The first-order chi connectivity index (χ1) is 19.8. The lowest BCUT2D eigenvalue weighted by Gasteiger charge is -2.12. The molecular weight excluding hydrogens is 534 g/mol.